The normalized spacial score (nSPS) is 10.3. The van der Waals surface area contributed by atoms with Crippen molar-refractivity contribution >= 4 is 29.0 Å². The molecule has 23 heavy (non-hydrogen) atoms. The fourth-order valence-corrected chi connectivity index (χ4v) is 2.07. The maximum absolute atomic E-state index is 11.6. The Balaban J connectivity index is 1.88. The summed E-state index contributed by atoms with van der Waals surface area (Å²) in [6, 6.07) is 7.28. The molecule has 0 aliphatic rings. The smallest absolute Gasteiger partial charge is 0.374 e. The van der Waals surface area contributed by atoms with Crippen molar-refractivity contribution < 1.29 is 12.6 Å². The van der Waals surface area contributed by atoms with Crippen molar-refractivity contribution in [2.75, 3.05) is 0 Å². The quantitative estimate of drug-likeness (QED) is 0.644. The molecule has 2 heterocycles. The fourth-order valence-electron chi connectivity index (χ4n) is 1.86. The van der Waals surface area contributed by atoms with Gasteiger partial charge >= 0.3 is 5.97 Å². The first-order valence-corrected chi connectivity index (χ1v) is 7.36. The molecule has 0 bridgehead atoms. The van der Waals surface area contributed by atoms with Crippen LogP contribution in [-0.4, -0.2) is 31.3 Å². The highest BCUT2D eigenvalue weighted by molar-refractivity contribution is 14.1. The molecule has 0 amide bonds. The minimum absolute atomic E-state index is 0.0246. The number of aryl methyl sites for hydroxylation is 1. The molecule has 9 heteroatoms. The second-order valence-corrected chi connectivity index (χ2v) is 4.94. The third kappa shape index (κ3) is 3.44. The van der Waals surface area contributed by atoms with E-state index in [-0.39, 0.29) is 11.6 Å². The van der Waals surface area contributed by atoms with Crippen LogP contribution in [0, 0.1) is 6.92 Å². The second kappa shape index (κ2) is 6.69. The molecule has 0 aliphatic carbocycles. The van der Waals surface area contributed by atoms with Crippen LogP contribution in [0.4, 0.5) is 0 Å². The number of ether oxygens (including phenoxy) is 1. The number of rotatable bonds is 4. The van der Waals surface area contributed by atoms with Crippen LogP contribution in [0.1, 0.15) is 16.3 Å². The van der Waals surface area contributed by atoms with Crippen molar-refractivity contribution in [3.05, 3.63) is 48.2 Å². The van der Waals surface area contributed by atoms with Crippen LogP contribution in [0.15, 0.2) is 36.7 Å². The lowest BCUT2D eigenvalue weighted by molar-refractivity contribution is 0.0791. The zero-order valence-electron chi connectivity index (χ0n) is 11.9. The highest BCUT2D eigenvalue weighted by Crippen LogP contribution is 2.27. The van der Waals surface area contributed by atoms with Gasteiger partial charge in [-0.1, -0.05) is 17.3 Å². The maximum atomic E-state index is 11.6. The summed E-state index contributed by atoms with van der Waals surface area (Å²) in [7, 11) is 0. The molecule has 0 saturated carbocycles. The largest absolute Gasteiger partial charge is 0.437 e. The topological polar surface area (TPSA) is 103 Å². The Hall–Kier alpha value is -2.56. The van der Waals surface area contributed by atoms with Gasteiger partial charge in [0.25, 0.3) is 5.88 Å². The number of carbonyl (C=O) groups is 1. The van der Waals surface area contributed by atoms with Gasteiger partial charge in [-0.3, -0.25) is 0 Å². The van der Waals surface area contributed by atoms with Crippen molar-refractivity contribution in [1.29, 1.82) is 0 Å². The number of aromatic amines is 1. The van der Waals surface area contributed by atoms with Crippen molar-refractivity contribution in [1.82, 2.24) is 25.4 Å². The predicted molar refractivity (Wildman–Crippen MR) is 88.1 cm³/mol. The third-order valence-electron chi connectivity index (χ3n) is 2.95. The molecule has 0 unspecified atom stereocenters. The highest BCUT2D eigenvalue weighted by Gasteiger charge is 2.19. The molecular weight excluding hydrogens is 413 g/mol. The van der Waals surface area contributed by atoms with Crippen LogP contribution in [0.3, 0.4) is 0 Å². The maximum Gasteiger partial charge on any atom is 0.374 e. The van der Waals surface area contributed by atoms with Crippen LogP contribution < -0.4 is 4.74 Å². The monoisotopic (exact) mass is 423 g/mol. The van der Waals surface area contributed by atoms with E-state index in [4.69, 9.17) is 4.74 Å². The zero-order chi connectivity index (χ0) is 16.2. The Bertz CT molecular complexity index is 834. The van der Waals surface area contributed by atoms with Gasteiger partial charge in [0, 0.05) is 18.0 Å². The van der Waals surface area contributed by atoms with Gasteiger partial charge in [0.15, 0.2) is 23.0 Å². The first kappa shape index (κ1) is 15.3. The van der Waals surface area contributed by atoms with Gasteiger partial charge in [-0.05, 0) is 24.6 Å². The lowest BCUT2D eigenvalue weighted by Crippen LogP contribution is -2.01. The van der Waals surface area contributed by atoms with Crippen molar-refractivity contribution in [2.45, 2.75) is 6.92 Å². The average Bonchev–Trinajstić information content (AvgIpc) is 3.03. The standard InChI is InChI=1S/C14H10IN5O3/c1-8-16-6-10(7-17-8)9-3-2-4-11(5-9)22-13-12(14(21)23-15)18-20-19-13/h2-7H,1H3,(H,18,19,20). The first-order chi connectivity index (χ1) is 11.2. The summed E-state index contributed by atoms with van der Waals surface area (Å²) in [4.78, 5) is 19.9. The molecule has 0 aliphatic heterocycles. The molecular formula is C14H10IN5O3. The zero-order valence-corrected chi connectivity index (χ0v) is 14.0. The highest BCUT2D eigenvalue weighted by atomic mass is 127. The molecule has 3 rings (SSSR count). The van der Waals surface area contributed by atoms with Gasteiger partial charge in [0.1, 0.15) is 11.6 Å². The molecule has 1 aromatic carbocycles. The number of H-pyrrole nitrogens is 1. The van der Waals surface area contributed by atoms with Crippen molar-refractivity contribution in [3.63, 3.8) is 0 Å². The summed E-state index contributed by atoms with van der Waals surface area (Å²) in [6.07, 6.45) is 3.47. The first-order valence-electron chi connectivity index (χ1n) is 6.48. The van der Waals surface area contributed by atoms with E-state index >= 15 is 0 Å². The molecule has 0 radical (unpaired) electrons. The SMILES string of the molecule is Cc1ncc(-c2cccc(Oc3[nH]nnc3C(=O)OI)c2)cn1. The summed E-state index contributed by atoms with van der Waals surface area (Å²) in [5.74, 6) is 0.685. The number of hydrogen-bond acceptors (Lipinski definition) is 7. The molecule has 0 spiro atoms. The molecule has 8 nitrogen and oxygen atoms in total. The van der Waals surface area contributed by atoms with E-state index in [1.165, 1.54) is 23.0 Å². The van der Waals surface area contributed by atoms with Crippen LogP contribution >= 0.6 is 23.0 Å². The van der Waals surface area contributed by atoms with Gasteiger partial charge in [-0.2, -0.15) is 0 Å². The molecule has 1 N–H and O–H groups in total. The lowest BCUT2D eigenvalue weighted by Gasteiger charge is -2.06. The van der Waals surface area contributed by atoms with Gasteiger partial charge < -0.3 is 7.80 Å². The number of carbonyl (C=O) groups excluding carboxylic acids is 1. The van der Waals surface area contributed by atoms with Gasteiger partial charge in [-0.15, -0.1) is 5.10 Å². The minimum Gasteiger partial charge on any atom is -0.437 e. The summed E-state index contributed by atoms with van der Waals surface area (Å²) in [5, 5.41) is 9.72. The average molecular weight is 423 g/mol. The summed E-state index contributed by atoms with van der Waals surface area (Å²) >= 11 is 1.48. The van der Waals surface area contributed by atoms with E-state index in [1.807, 2.05) is 19.1 Å². The van der Waals surface area contributed by atoms with Gasteiger partial charge in [0.05, 0.1) is 0 Å². The molecule has 3 aromatic rings. The summed E-state index contributed by atoms with van der Waals surface area (Å²) in [5.41, 5.74) is 1.71. The Morgan fingerprint density at radius 2 is 2.00 bits per heavy atom. The number of hydrogen-bond donors (Lipinski definition) is 1. The minimum atomic E-state index is -0.641. The second-order valence-electron chi connectivity index (χ2n) is 4.50. The van der Waals surface area contributed by atoms with Gasteiger partial charge in [0.2, 0.25) is 5.69 Å². The fraction of sp³-hybridized carbons (Fsp3) is 0.0714. The van der Waals surface area contributed by atoms with E-state index in [0.29, 0.717) is 11.6 Å². The Morgan fingerprint density at radius 3 is 2.74 bits per heavy atom. The number of aromatic nitrogens is 5. The molecule has 0 saturated heterocycles. The van der Waals surface area contributed by atoms with Gasteiger partial charge in [-0.25, -0.2) is 19.9 Å². The van der Waals surface area contributed by atoms with E-state index in [2.05, 4.69) is 28.4 Å². The van der Waals surface area contributed by atoms with Crippen LogP contribution in [0.25, 0.3) is 11.1 Å². The Morgan fingerprint density at radius 1 is 1.22 bits per heavy atom. The van der Waals surface area contributed by atoms with Crippen molar-refractivity contribution in [2.24, 2.45) is 0 Å². The Labute approximate surface area is 145 Å². The predicted octanol–water partition coefficient (Wildman–Crippen LogP) is 2.87. The number of halogens is 1. The van der Waals surface area contributed by atoms with E-state index in [1.54, 1.807) is 24.5 Å². The van der Waals surface area contributed by atoms with Crippen LogP contribution in [0.2, 0.25) is 0 Å². The summed E-state index contributed by atoms with van der Waals surface area (Å²) < 4.78 is 10.2. The van der Waals surface area contributed by atoms with Crippen LogP contribution in [-0.2, 0) is 3.07 Å². The van der Waals surface area contributed by atoms with E-state index in [9.17, 15) is 4.79 Å². The number of nitrogens with zero attached hydrogens (tertiary/aromatic N) is 4. The van der Waals surface area contributed by atoms with Crippen molar-refractivity contribution in [3.8, 4) is 22.8 Å². The van der Waals surface area contributed by atoms with Crippen LogP contribution in [0.5, 0.6) is 11.6 Å². The molecule has 116 valence electrons. The van der Waals surface area contributed by atoms with E-state index < -0.39 is 5.97 Å². The number of benzene rings is 1. The number of nitrogens with one attached hydrogen (secondary N) is 1. The summed E-state index contributed by atoms with van der Waals surface area (Å²) in [6.45, 7) is 1.82. The third-order valence-corrected chi connectivity index (χ3v) is 3.35. The Kier molecular flexibility index (Phi) is 4.46. The molecule has 0 atom stereocenters. The lowest BCUT2D eigenvalue weighted by atomic mass is 10.1. The molecule has 0 fully saturated rings. The molecule has 2 aromatic heterocycles. The van der Waals surface area contributed by atoms with E-state index in [0.717, 1.165) is 11.1 Å².